The molecular weight excluding hydrogens is 188 g/mol. The summed E-state index contributed by atoms with van der Waals surface area (Å²) in [5.41, 5.74) is 6.45. The molecule has 0 spiro atoms. The van der Waals surface area contributed by atoms with E-state index in [0.717, 1.165) is 12.1 Å². The Hall–Kier alpha value is -1.51. The van der Waals surface area contributed by atoms with Crippen molar-refractivity contribution >= 4 is 11.6 Å². The minimum atomic E-state index is 0.0354. The molecular formula is C12H18N2O. The molecule has 1 atom stereocenters. The van der Waals surface area contributed by atoms with Crippen molar-refractivity contribution in [2.45, 2.75) is 26.7 Å². The van der Waals surface area contributed by atoms with E-state index in [1.54, 1.807) is 0 Å². The highest BCUT2D eigenvalue weighted by atomic mass is 16.2. The molecule has 0 aliphatic heterocycles. The van der Waals surface area contributed by atoms with E-state index >= 15 is 0 Å². The topological polar surface area (TPSA) is 41.1 Å². The summed E-state index contributed by atoms with van der Waals surface area (Å²) in [6, 6.07) is 9.59. The van der Waals surface area contributed by atoms with E-state index in [9.17, 15) is 4.79 Å². The number of para-hydroxylation sites is 1. The third kappa shape index (κ3) is 4.49. The highest BCUT2D eigenvalue weighted by molar-refractivity contribution is 5.77. The fourth-order valence-electron chi connectivity index (χ4n) is 1.18. The fourth-order valence-corrected chi connectivity index (χ4v) is 1.18. The lowest BCUT2D eigenvalue weighted by atomic mass is 10.1. The summed E-state index contributed by atoms with van der Waals surface area (Å²) in [5.74, 6) is 0.468. The van der Waals surface area contributed by atoms with Gasteiger partial charge in [0.15, 0.2) is 0 Å². The Morgan fingerprint density at radius 3 is 2.60 bits per heavy atom. The van der Waals surface area contributed by atoms with Gasteiger partial charge in [-0.2, -0.15) is 0 Å². The van der Waals surface area contributed by atoms with E-state index in [4.69, 9.17) is 0 Å². The summed E-state index contributed by atoms with van der Waals surface area (Å²) in [4.78, 5) is 11.4. The summed E-state index contributed by atoms with van der Waals surface area (Å²) >= 11 is 0. The van der Waals surface area contributed by atoms with Crippen molar-refractivity contribution in [2.24, 2.45) is 5.92 Å². The maximum atomic E-state index is 11.4. The second-order valence-electron chi connectivity index (χ2n) is 3.76. The number of hydrazine groups is 1. The maximum absolute atomic E-state index is 11.4. The first-order valence-electron chi connectivity index (χ1n) is 5.32. The summed E-state index contributed by atoms with van der Waals surface area (Å²) in [6.07, 6.45) is 1.59. The highest BCUT2D eigenvalue weighted by Crippen LogP contribution is 2.06. The van der Waals surface area contributed by atoms with Gasteiger partial charge in [0.05, 0.1) is 5.69 Å². The molecule has 1 aromatic carbocycles. The smallest absolute Gasteiger partial charge is 0.238 e. The molecule has 0 saturated carbocycles. The molecule has 0 fully saturated rings. The van der Waals surface area contributed by atoms with Crippen molar-refractivity contribution in [3.63, 3.8) is 0 Å². The van der Waals surface area contributed by atoms with Gasteiger partial charge in [0.2, 0.25) is 5.91 Å². The Bertz CT molecular complexity index is 298. The van der Waals surface area contributed by atoms with Crippen molar-refractivity contribution in [3.05, 3.63) is 30.3 Å². The van der Waals surface area contributed by atoms with E-state index in [1.807, 2.05) is 30.3 Å². The zero-order chi connectivity index (χ0) is 11.1. The molecule has 1 aromatic rings. The van der Waals surface area contributed by atoms with Crippen LogP contribution in [0.4, 0.5) is 5.69 Å². The second kappa shape index (κ2) is 6.06. The highest BCUT2D eigenvalue weighted by Gasteiger charge is 2.05. The van der Waals surface area contributed by atoms with Crippen LogP contribution in [0.15, 0.2) is 30.3 Å². The number of hydrogen-bond acceptors (Lipinski definition) is 2. The molecule has 0 radical (unpaired) electrons. The van der Waals surface area contributed by atoms with E-state index < -0.39 is 0 Å². The molecule has 0 aromatic heterocycles. The van der Waals surface area contributed by atoms with Gasteiger partial charge in [-0.3, -0.25) is 15.6 Å². The van der Waals surface area contributed by atoms with Gasteiger partial charge in [-0.05, 0) is 18.1 Å². The van der Waals surface area contributed by atoms with Gasteiger partial charge in [-0.25, -0.2) is 0 Å². The normalized spacial score (nSPS) is 11.9. The molecule has 0 unspecified atom stereocenters. The zero-order valence-electron chi connectivity index (χ0n) is 9.29. The van der Waals surface area contributed by atoms with Crippen LogP contribution in [0.5, 0.6) is 0 Å². The number of carbonyl (C=O) groups excluding carboxylic acids is 1. The van der Waals surface area contributed by atoms with Crippen LogP contribution in [-0.2, 0) is 4.79 Å². The Morgan fingerprint density at radius 2 is 2.00 bits per heavy atom. The number of rotatable bonds is 5. The van der Waals surface area contributed by atoms with Crippen LogP contribution >= 0.6 is 0 Å². The molecule has 3 nitrogen and oxygen atoms in total. The van der Waals surface area contributed by atoms with Crippen LogP contribution in [0, 0.1) is 5.92 Å². The first-order valence-corrected chi connectivity index (χ1v) is 5.32. The largest absolute Gasteiger partial charge is 0.299 e. The number of hydrogen-bond donors (Lipinski definition) is 2. The fraction of sp³-hybridized carbons (Fsp3) is 0.417. The van der Waals surface area contributed by atoms with Gasteiger partial charge in [0, 0.05) is 6.42 Å². The van der Waals surface area contributed by atoms with Crippen molar-refractivity contribution < 1.29 is 4.79 Å². The zero-order valence-corrected chi connectivity index (χ0v) is 9.29. The van der Waals surface area contributed by atoms with Gasteiger partial charge < -0.3 is 0 Å². The second-order valence-corrected chi connectivity index (χ2v) is 3.76. The molecule has 15 heavy (non-hydrogen) atoms. The summed E-state index contributed by atoms with van der Waals surface area (Å²) < 4.78 is 0. The minimum absolute atomic E-state index is 0.0354. The van der Waals surface area contributed by atoms with E-state index in [0.29, 0.717) is 12.3 Å². The lowest BCUT2D eigenvalue weighted by Gasteiger charge is -2.10. The molecule has 0 bridgehead atoms. The SMILES string of the molecule is CC[C@H](C)CC(=O)NNc1ccccc1. The van der Waals surface area contributed by atoms with Crippen molar-refractivity contribution in [3.8, 4) is 0 Å². The quantitative estimate of drug-likeness (QED) is 0.727. The van der Waals surface area contributed by atoms with E-state index in [1.165, 1.54) is 0 Å². The van der Waals surface area contributed by atoms with Crippen LogP contribution in [0.25, 0.3) is 0 Å². The van der Waals surface area contributed by atoms with E-state index in [2.05, 4.69) is 24.7 Å². The first kappa shape index (κ1) is 11.6. The van der Waals surface area contributed by atoms with Crippen molar-refractivity contribution in [1.82, 2.24) is 5.43 Å². The number of carbonyl (C=O) groups is 1. The number of nitrogens with one attached hydrogen (secondary N) is 2. The minimum Gasteiger partial charge on any atom is -0.299 e. The third-order valence-electron chi connectivity index (χ3n) is 2.35. The Morgan fingerprint density at radius 1 is 1.33 bits per heavy atom. The molecule has 1 rings (SSSR count). The van der Waals surface area contributed by atoms with Gasteiger partial charge in [0.1, 0.15) is 0 Å². The van der Waals surface area contributed by atoms with E-state index in [-0.39, 0.29) is 5.91 Å². The molecule has 0 heterocycles. The van der Waals surface area contributed by atoms with Crippen molar-refractivity contribution in [2.75, 3.05) is 5.43 Å². The average molecular weight is 206 g/mol. The van der Waals surface area contributed by atoms with Gasteiger partial charge >= 0.3 is 0 Å². The predicted octanol–water partition coefficient (Wildman–Crippen LogP) is 2.57. The van der Waals surface area contributed by atoms with Crippen LogP contribution in [0.3, 0.4) is 0 Å². The molecule has 2 N–H and O–H groups in total. The third-order valence-corrected chi connectivity index (χ3v) is 2.35. The molecule has 3 heteroatoms. The Labute approximate surface area is 90.9 Å². The lowest BCUT2D eigenvalue weighted by Crippen LogP contribution is -2.30. The van der Waals surface area contributed by atoms with Crippen molar-refractivity contribution in [1.29, 1.82) is 0 Å². The standard InChI is InChI=1S/C12H18N2O/c1-3-10(2)9-12(15)14-13-11-7-5-4-6-8-11/h4-8,10,13H,3,9H2,1-2H3,(H,14,15)/t10-/m0/s1. The first-order chi connectivity index (χ1) is 7.22. The monoisotopic (exact) mass is 206 g/mol. The van der Waals surface area contributed by atoms with Crippen LogP contribution < -0.4 is 10.9 Å². The number of anilines is 1. The summed E-state index contributed by atoms with van der Waals surface area (Å²) in [6.45, 7) is 4.16. The summed E-state index contributed by atoms with van der Waals surface area (Å²) in [7, 11) is 0. The van der Waals surface area contributed by atoms with Crippen LogP contribution in [0.1, 0.15) is 26.7 Å². The molecule has 1 amide bonds. The molecule has 0 aliphatic carbocycles. The Balaban J connectivity index is 2.29. The van der Waals surface area contributed by atoms with Gasteiger partial charge in [0.25, 0.3) is 0 Å². The number of amides is 1. The molecule has 0 saturated heterocycles. The Kier molecular flexibility index (Phi) is 4.68. The number of benzene rings is 1. The summed E-state index contributed by atoms with van der Waals surface area (Å²) in [5, 5.41) is 0. The van der Waals surface area contributed by atoms with Gasteiger partial charge in [-0.15, -0.1) is 0 Å². The maximum Gasteiger partial charge on any atom is 0.238 e. The molecule has 82 valence electrons. The van der Waals surface area contributed by atoms with Gasteiger partial charge in [-0.1, -0.05) is 38.5 Å². The van der Waals surface area contributed by atoms with Crippen LogP contribution in [-0.4, -0.2) is 5.91 Å². The molecule has 0 aliphatic rings. The van der Waals surface area contributed by atoms with Crippen LogP contribution in [0.2, 0.25) is 0 Å². The lowest BCUT2D eigenvalue weighted by molar-refractivity contribution is -0.121. The predicted molar refractivity (Wildman–Crippen MR) is 62.3 cm³/mol. The average Bonchev–Trinajstić information content (AvgIpc) is 2.27.